The average molecular weight is 264 g/mol. The SMILES string of the molecule is CCCCCCC(C)NC(=O)c1cc(O)ccc1N. The lowest BCUT2D eigenvalue weighted by atomic mass is 10.1. The van der Waals surface area contributed by atoms with Crippen molar-refractivity contribution in [2.24, 2.45) is 0 Å². The number of hydrogen-bond acceptors (Lipinski definition) is 3. The first-order valence-electron chi connectivity index (χ1n) is 6.94. The summed E-state index contributed by atoms with van der Waals surface area (Å²) in [5, 5.41) is 12.3. The third kappa shape index (κ3) is 5.20. The van der Waals surface area contributed by atoms with E-state index in [4.69, 9.17) is 5.73 Å². The number of aromatic hydroxyl groups is 1. The molecule has 0 heterocycles. The van der Waals surface area contributed by atoms with Gasteiger partial charge in [-0.2, -0.15) is 0 Å². The molecule has 0 saturated heterocycles. The van der Waals surface area contributed by atoms with E-state index < -0.39 is 0 Å². The molecule has 1 amide bonds. The number of rotatable bonds is 7. The summed E-state index contributed by atoms with van der Waals surface area (Å²) >= 11 is 0. The van der Waals surface area contributed by atoms with E-state index in [1.807, 2.05) is 6.92 Å². The van der Waals surface area contributed by atoms with Crippen LogP contribution in [0.15, 0.2) is 18.2 Å². The molecule has 106 valence electrons. The molecule has 0 aliphatic heterocycles. The van der Waals surface area contributed by atoms with Crippen LogP contribution in [0, 0.1) is 0 Å². The van der Waals surface area contributed by atoms with Gasteiger partial charge in [0.1, 0.15) is 5.75 Å². The normalized spacial score (nSPS) is 12.1. The largest absolute Gasteiger partial charge is 0.508 e. The van der Waals surface area contributed by atoms with Crippen LogP contribution >= 0.6 is 0 Å². The van der Waals surface area contributed by atoms with Crippen LogP contribution in [0.4, 0.5) is 5.69 Å². The number of carbonyl (C=O) groups is 1. The lowest BCUT2D eigenvalue weighted by Gasteiger charge is -2.14. The molecule has 0 aliphatic carbocycles. The average Bonchev–Trinajstić information content (AvgIpc) is 2.37. The van der Waals surface area contributed by atoms with E-state index in [1.165, 1.54) is 37.5 Å². The van der Waals surface area contributed by atoms with Crippen molar-refractivity contribution < 1.29 is 9.90 Å². The van der Waals surface area contributed by atoms with Gasteiger partial charge in [-0.3, -0.25) is 4.79 Å². The van der Waals surface area contributed by atoms with E-state index in [-0.39, 0.29) is 17.7 Å². The van der Waals surface area contributed by atoms with Crippen LogP contribution in [0.2, 0.25) is 0 Å². The fraction of sp³-hybridized carbons (Fsp3) is 0.533. The van der Waals surface area contributed by atoms with E-state index in [2.05, 4.69) is 12.2 Å². The number of phenolic OH excluding ortho intramolecular Hbond substituents is 1. The number of unbranched alkanes of at least 4 members (excludes halogenated alkanes) is 3. The molecule has 4 heteroatoms. The molecule has 1 unspecified atom stereocenters. The molecule has 0 bridgehead atoms. The number of hydrogen-bond donors (Lipinski definition) is 3. The van der Waals surface area contributed by atoms with E-state index in [9.17, 15) is 9.90 Å². The molecule has 1 atom stereocenters. The maximum absolute atomic E-state index is 12.0. The number of phenols is 1. The minimum atomic E-state index is -0.226. The molecule has 19 heavy (non-hydrogen) atoms. The van der Waals surface area contributed by atoms with Gasteiger partial charge in [0.15, 0.2) is 0 Å². The number of anilines is 1. The monoisotopic (exact) mass is 264 g/mol. The third-order valence-electron chi connectivity index (χ3n) is 3.15. The van der Waals surface area contributed by atoms with Crippen molar-refractivity contribution in [3.05, 3.63) is 23.8 Å². The van der Waals surface area contributed by atoms with Gasteiger partial charge in [0, 0.05) is 11.7 Å². The highest BCUT2D eigenvalue weighted by Gasteiger charge is 2.13. The van der Waals surface area contributed by atoms with Gasteiger partial charge in [-0.15, -0.1) is 0 Å². The lowest BCUT2D eigenvalue weighted by molar-refractivity contribution is 0.0938. The van der Waals surface area contributed by atoms with Gasteiger partial charge in [0.25, 0.3) is 5.91 Å². The van der Waals surface area contributed by atoms with Crippen LogP contribution in [0.1, 0.15) is 56.3 Å². The summed E-state index contributed by atoms with van der Waals surface area (Å²) in [5.74, 6) is -0.175. The first-order chi connectivity index (χ1) is 9.04. The molecular weight excluding hydrogens is 240 g/mol. The van der Waals surface area contributed by atoms with E-state index in [0.29, 0.717) is 11.3 Å². The first kappa shape index (κ1) is 15.3. The lowest BCUT2D eigenvalue weighted by Crippen LogP contribution is -2.32. The maximum atomic E-state index is 12.0. The first-order valence-corrected chi connectivity index (χ1v) is 6.94. The van der Waals surface area contributed by atoms with Crippen molar-refractivity contribution in [2.75, 3.05) is 5.73 Å². The fourth-order valence-electron chi connectivity index (χ4n) is 1.99. The highest BCUT2D eigenvalue weighted by Crippen LogP contribution is 2.18. The molecule has 1 rings (SSSR count). The van der Waals surface area contributed by atoms with Crippen LogP contribution in [0.25, 0.3) is 0 Å². The molecule has 0 spiro atoms. The quantitative estimate of drug-likeness (QED) is 0.402. The minimum Gasteiger partial charge on any atom is -0.508 e. The molecule has 0 fully saturated rings. The number of benzene rings is 1. The van der Waals surface area contributed by atoms with Gasteiger partial charge in [-0.25, -0.2) is 0 Å². The van der Waals surface area contributed by atoms with Crippen LogP contribution < -0.4 is 11.1 Å². The Bertz CT molecular complexity index is 419. The number of nitrogens with one attached hydrogen (secondary N) is 1. The number of carbonyl (C=O) groups excluding carboxylic acids is 1. The summed E-state index contributed by atoms with van der Waals surface area (Å²) in [6.45, 7) is 4.17. The Kier molecular flexibility index (Phi) is 6.19. The second kappa shape index (κ2) is 7.67. The van der Waals surface area contributed by atoms with Crippen molar-refractivity contribution in [3.8, 4) is 5.75 Å². The second-order valence-corrected chi connectivity index (χ2v) is 5.00. The van der Waals surface area contributed by atoms with E-state index in [0.717, 1.165) is 12.8 Å². The fourth-order valence-corrected chi connectivity index (χ4v) is 1.99. The predicted molar refractivity (Wildman–Crippen MR) is 78.2 cm³/mol. The van der Waals surface area contributed by atoms with Crippen molar-refractivity contribution >= 4 is 11.6 Å². The molecule has 0 aliphatic rings. The van der Waals surface area contributed by atoms with Gasteiger partial charge in [0.2, 0.25) is 0 Å². The summed E-state index contributed by atoms with van der Waals surface area (Å²) in [7, 11) is 0. The number of nitrogens with two attached hydrogens (primary N) is 1. The summed E-state index contributed by atoms with van der Waals surface area (Å²) in [4.78, 5) is 12.0. The zero-order valence-corrected chi connectivity index (χ0v) is 11.8. The molecule has 0 saturated carbocycles. The van der Waals surface area contributed by atoms with Gasteiger partial charge in [0.05, 0.1) is 5.56 Å². The predicted octanol–water partition coefficient (Wildman–Crippen LogP) is 3.06. The van der Waals surface area contributed by atoms with Gasteiger partial charge >= 0.3 is 0 Å². The summed E-state index contributed by atoms with van der Waals surface area (Å²) in [5.41, 5.74) is 6.45. The van der Waals surface area contributed by atoms with Crippen molar-refractivity contribution in [3.63, 3.8) is 0 Å². The number of amides is 1. The van der Waals surface area contributed by atoms with Crippen molar-refractivity contribution in [1.82, 2.24) is 5.32 Å². The highest BCUT2D eigenvalue weighted by atomic mass is 16.3. The molecule has 1 aromatic carbocycles. The standard InChI is InChI=1S/C15H24N2O2/c1-3-4-5-6-7-11(2)17-15(19)13-10-12(18)8-9-14(13)16/h8-11,18H,3-7,16H2,1-2H3,(H,17,19). The van der Waals surface area contributed by atoms with Crippen LogP contribution in [0.5, 0.6) is 5.75 Å². The topological polar surface area (TPSA) is 75.3 Å². The van der Waals surface area contributed by atoms with Gasteiger partial charge in [-0.1, -0.05) is 32.6 Å². The van der Waals surface area contributed by atoms with Crippen LogP contribution in [0.3, 0.4) is 0 Å². The zero-order valence-electron chi connectivity index (χ0n) is 11.8. The van der Waals surface area contributed by atoms with Crippen LogP contribution in [-0.4, -0.2) is 17.1 Å². The van der Waals surface area contributed by atoms with Gasteiger partial charge < -0.3 is 16.2 Å². The Morgan fingerprint density at radius 3 is 2.79 bits per heavy atom. The Morgan fingerprint density at radius 2 is 2.11 bits per heavy atom. The van der Waals surface area contributed by atoms with Gasteiger partial charge in [-0.05, 0) is 31.5 Å². The highest BCUT2D eigenvalue weighted by molar-refractivity contribution is 5.99. The zero-order chi connectivity index (χ0) is 14.3. The third-order valence-corrected chi connectivity index (χ3v) is 3.15. The molecule has 0 aromatic heterocycles. The maximum Gasteiger partial charge on any atom is 0.253 e. The second-order valence-electron chi connectivity index (χ2n) is 5.00. The Labute approximate surface area is 115 Å². The van der Waals surface area contributed by atoms with Crippen molar-refractivity contribution in [1.29, 1.82) is 0 Å². The Balaban J connectivity index is 2.47. The van der Waals surface area contributed by atoms with Crippen molar-refractivity contribution in [2.45, 2.75) is 52.0 Å². The summed E-state index contributed by atoms with van der Waals surface area (Å²) in [6, 6.07) is 4.52. The Hall–Kier alpha value is -1.71. The summed E-state index contributed by atoms with van der Waals surface area (Å²) in [6.07, 6.45) is 5.72. The molecule has 4 N–H and O–H groups in total. The Morgan fingerprint density at radius 1 is 1.37 bits per heavy atom. The summed E-state index contributed by atoms with van der Waals surface area (Å²) < 4.78 is 0. The molecule has 1 aromatic rings. The molecule has 4 nitrogen and oxygen atoms in total. The van der Waals surface area contributed by atoms with Crippen LogP contribution in [-0.2, 0) is 0 Å². The number of nitrogen functional groups attached to an aromatic ring is 1. The molecular formula is C15H24N2O2. The molecule has 0 radical (unpaired) electrons. The minimum absolute atomic E-state index is 0.0509. The van der Waals surface area contributed by atoms with E-state index >= 15 is 0 Å². The van der Waals surface area contributed by atoms with E-state index in [1.54, 1.807) is 0 Å². The smallest absolute Gasteiger partial charge is 0.253 e.